The van der Waals surface area contributed by atoms with E-state index in [4.69, 9.17) is 9.72 Å². The summed E-state index contributed by atoms with van der Waals surface area (Å²) in [6, 6.07) is 25.0. The standard InChI is InChI=1S/C28H23N3O3S/c1-3-34-25(32)17-31-26-18(2)10-9-15-24(26)35-28(31)30-27(33)21-16-23(19-11-5-4-6-12-19)29-22-14-8-7-13-20(21)22/h4-16H,3,17H2,1-2H3. The Morgan fingerprint density at radius 2 is 1.77 bits per heavy atom. The Morgan fingerprint density at radius 1 is 1.00 bits per heavy atom. The van der Waals surface area contributed by atoms with Crippen LogP contribution >= 0.6 is 11.3 Å². The van der Waals surface area contributed by atoms with E-state index in [0.717, 1.165) is 32.2 Å². The molecule has 0 saturated carbocycles. The van der Waals surface area contributed by atoms with Crippen LogP contribution in [0, 0.1) is 6.92 Å². The molecule has 174 valence electrons. The van der Waals surface area contributed by atoms with E-state index in [1.165, 1.54) is 11.3 Å². The minimum Gasteiger partial charge on any atom is -0.465 e. The maximum absolute atomic E-state index is 13.6. The van der Waals surface area contributed by atoms with Crippen LogP contribution in [0.5, 0.6) is 0 Å². The SMILES string of the molecule is CCOC(=O)Cn1c(=NC(=O)c2cc(-c3ccccc3)nc3ccccc23)sc2cccc(C)c21. The lowest BCUT2D eigenvalue weighted by Gasteiger charge is -2.08. The van der Waals surface area contributed by atoms with Crippen molar-refractivity contribution in [3.8, 4) is 11.3 Å². The van der Waals surface area contributed by atoms with E-state index in [2.05, 4.69) is 4.99 Å². The van der Waals surface area contributed by atoms with Gasteiger partial charge in [-0.25, -0.2) is 4.98 Å². The van der Waals surface area contributed by atoms with Gasteiger partial charge in [-0.3, -0.25) is 9.59 Å². The third-order valence-corrected chi connectivity index (χ3v) is 6.75. The Morgan fingerprint density at radius 3 is 2.57 bits per heavy atom. The molecular weight excluding hydrogens is 458 g/mol. The van der Waals surface area contributed by atoms with Crippen molar-refractivity contribution in [3.05, 3.63) is 94.8 Å². The predicted molar refractivity (Wildman–Crippen MR) is 138 cm³/mol. The molecule has 7 heteroatoms. The molecule has 3 aromatic carbocycles. The average Bonchev–Trinajstić information content (AvgIpc) is 3.21. The molecule has 35 heavy (non-hydrogen) atoms. The molecule has 0 unspecified atom stereocenters. The van der Waals surface area contributed by atoms with Gasteiger partial charge in [-0.15, -0.1) is 0 Å². The number of carbonyl (C=O) groups is 2. The van der Waals surface area contributed by atoms with E-state index in [-0.39, 0.29) is 25.0 Å². The minimum absolute atomic E-state index is 0.0167. The predicted octanol–water partition coefficient (Wildman–Crippen LogP) is 5.53. The number of hydrogen-bond donors (Lipinski definition) is 0. The quantitative estimate of drug-likeness (QED) is 0.309. The normalized spacial score (nSPS) is 11.8. The molecule has 0 N–H and O–H groups in total. The van der Waals surface area contributed by atoms with Crippen LogP contribution in [-0.2, 0) is 16.1 Å². The van der Waals surface area contributed by atoms with Crippen LogP contribution in [0.2, 0.25) is 0 Å². The fourth-order valence-electron chi connectivity index (χ4n) is 4.13. The zero-order valence-corrected chi connectivity index (χ0v) is 20.2. The Labute approximate surface area is 206 Å². The van der Waals surface area contributed by atoms with Crippen LogP contribution in [0.1, 0.15) is 22.8 Å². The highest BCUT2D eigenvalue weighted by Crippen LogP contribution is 2.26. The number of pyridine rings is 1. The van der Waals surface area contributed by atoms with Crippen molar-refractivity contribution in [2.24, 2.45) is 4.99 Å². The third kappa shape index (κ3) is 4.50. The summed E-state index contributed by atoms with van der Waals surface area (Å²) < 4.78 is 7.90. The number of esters is 1. The maximum atomic E-state index is 13.6. The van der Waals surface area contributed by atoms with Gasteiger partial charge in [0.15, 0.2) is 4.80 Å². The molecule has 5 aromatic rings. The van der Waals surface area contributed by atoms with Gasteiger partial charge in [0.1, 0.15) is 6.54 Å². The minimum atomic E-state index is -0.386. The molecule has 0 bridgehead atoms. The van der Waals surface area contributed by atoms with Gasteiger partial charge in [-0.2, -0.15) is 4.99 Å². The number of hydrogen-bond acceptors (Lipinski definition) is 5. The number of nitrogens with zero attached hydrogens (tertiary/aromatic N) is 3. The van der Waals surface area contributed by atoms with Crippen LogP contribution in [-0.4, -0.2) is 28.0 Å². The maximum Gasteiger partial charge on any atom is 0.326 e. The number of aromatic nitrogens is 2. The van der Waals surface area contributed by atoms with Crippen LogP contribution in [0.25, 0.3) is 32.4 Å². The van der Waals surface area contributed by atoms with Crippen molar-refractivity contribution < 1.29 is 14.3 Å². The zero-order chi connectivity index (χ0) is 24.4. The average molecular weight is 482 g/mol. The van der Waals surface area contributed by atoms with Gasteiger partial charge < -0.3 is 9.30 Å². The number of aryl methyl sites for hydroxylation is 1. The van der Waals surface area contributed by atoms with E-state index in [9.17, 15) is 9.59 Å². The first-order valence-corrected chi connectivity index (χ1v) is 12.2. The van der Waals surface area contributed by atoms with E-state index in [0.29, 0.717) is 16.1 Å². The molecular formula is C28H23N3O3S. The van der Waals surface area contributed by atoms with E-state index in [1.807, 2.05) is 79.7 Å². The van der Waals surface area contributed by atoms with Crippen molar-refractivity contribution >= 4 is 44.3 Å². The van der Waals surface area contributed by atoms with Gasteiger partial charge >= 0.3 is 5.97 Å². The molecule has 6 nitrogen and oxygen atoms in total. The fourth-order valence-corrected chi connectivity index (χ4v) is 5.24. The van der Waals surface area contributed by atoms with Gasteiger partial charge in [0.05, 0.1) is 33.6 Å². The highest BCUT2D eigenvalue weighted by molar-refractivity contribution is 7.16. The number of carbonyl (C=O) groups excluding carboxylic acids is 2. The van der Waals surface area contributed by atoms with E-state index < -0.39 is 0 Å². The number of ether oxygens (including phenoxy) is 1. The Kier molecular flexibility index (Phi) is 6.25. The summed E-state index contributed by atoms with van der Waals surface area (Å²) in [5, 5.41) is 0.732. The lowest BCUT2D eigenvalue weighted by Crippen LogP contribution is -2.23. The fraction of sp³-hybridized carbons (Fsp3) is 0.143. The summed E-state index contributed by atoms with van der Waals surface area (Å²) in [6.07, 6.45) is 0. The molecule has 0 aliphatic heterocycles. The Bertz CT molecular complexity index is 1630. The van der Waals surface area contributed by atoms with Crippen LogP contribution in [0.15, 0.2) is 83.9 Å². The van der Waals surface area contributed by atoms with Crippen LogP contribution in [0.3, 0.4) is 0 Å². The molecule has 0 fully saturated rings. The number of para-hydroxylation sites is 2. The van der Waals surface area contributed by atoms with Crippen molar-refractivity contribution in [3.63, 3.8) is 0 Å². The first-order chi connectivity index (χ1) is 17.0. The lowest BCUT2D eigenvalue weighted by atomic mass is 10.0. The summed E-state index contributed by atoms with van der Waals surface area (Å²) in [5.74, 6) is -0.757. The summed E-state index contributed by atoms with van der Waals surface area (Å²) in [5.41, 5.74) is 4.68. The summed E-state index contributed by atoms with van der Waals surface area (Å²) in [4.78, 5) is 35.7. The molecule has 0 aliphatic rings. The number of amides is 1. The number of rotatable bonds is 5. The van der Waals surface area contributed by atoms with Crippen LogP contribution in [0.4, 0.5) is 0 Å². The second kappa shape index (κ2) is 9.64. The molecule has 0 atom stereocenters. The summed E-state index contributed by atoms with van der Waals surface area (Å²) in [7, 11) is 0. The first-order valence-electron chi connectivity index (χ1n) is 11.3. The number of fused-ring (bicyclic) bond motifs is 2. The second-order valence-corrected chi connectivity index (χ2v) is 9.06. The molecule has 0 aliphatic carbocycles. The molecule has 1 amide bonds. The van der Waals surface area contributed by atoms with E-state index in [1.54, 1.807) is 17.6 Å². The highest BCUT2D eigenvalue weighted by Gasteiger charge is 2.17. The molecule has 2 heterocycles. The van der Waals surface area contributed by atoms with Gasteiger partial charge in [0, 0.05) is 10.9 Å². The van der Waals surface area contributed by atoms with E-state index >= 15 is 0 Å². The Balaban J connectivity index is 1.69. The monoisotopic (exact) mass is 481 g/mol. The van der Waals surface area contributed by atoms with Gasteiger partial charge in [-0.1, -0.05) is 72.0 Å². The molecule has 5 rings (SSSR count). The first kappa shape index (κ1) is 22.7. The third-order valence-electron chi connectivity index (χ3n) is 5.71. The van der Waals surface area contributed by atoms with Gasteiger partial charge in [0.2, 0.25) is 0 Å². The topological polar surface area (TPSA) is 73.6 Å². The van der Waals surface area contributed by atoms with Crippen molar-refractivity contribution in [1.82, 2.24) is 9.55 Å². The largest absolute Gasteiger partial charge is 0.465 e. The van der Waals surface area contributed by atoms with Crippen LogP contribution < -0.4 is 4.80 Å². The zero-order valence-electron chi connectivity index (χ0n) is 19.4. The summed E-state index contributed by atoms with van der Waals surface area (Å²) >= 11 is 1.38. The number of thiazole rings is 1. The van der Waals surface area contributed by atoms with Crippen molar-refractivity contribution in [2.75, 3.05) is 6.61 Å². The van der Waals surface area contributed by atoms with Crippen molar-refractivity contribution in [1.29, 1.82) is 0 Å². The molecule has 0 radical (unpaired) electrons. The van der Waals surface area contributed by atoms with Gasteiger partial charge in [0.25, 0.3) is 5.91 Å². The van der Waals surface area contributed by atoms with Gasteiger partial charge in [-0.05, 0) is 37.6 Å². The molecule has 2 aromatic heterocycles. The second-order valence-electron chi connectivity index (χ2n) is 8.05. The molecule has 0 spiro atoms. The number of benzene rings is 3. The highest BCUT2D eigenvalue weighted by atomic mass is 32.1. The molecule has 0 saturated heterocycles. The summed E-state index contributed by atoms with van der Waals surface area (Å²) in [6.45, 7) is 4.02. The van der Waals surface area contributed by atoms with Crippen molar-refractivity contribution in [2.45, 2.75) is 20.4 Å². The Hall–Kier alpha value is -4.10. The smallest absolute Gasteiger partial charge is 0.326 e. The lowest BCUT2D eigenvalue weighted by molar-refractivity contribution is -0.143.